The monoisotopic (exact) mass is 687 g/mol. The van der Waals surface area contributed by atoms with Crippen molar-refractivity contribution in [2.45, 2.75) is 63.1 Å². The molecule has 9 nitrogen and oxygen atoms in total. The lowest BCUT2D eigenvalue weighted by Crippen LogP contribution is -2.68. The number of hydrogen-bond acceptors (Lipinski definition) is 7. The number of hydrogen-bond donors (Lipinski definition) is 1. The second kappa shape index (κ2) is 15.4. The zero-order valence-electron chi connectivity index (χ0n) is 28.3. The third-order valence-electron chi connectivity index (χ3n) is 9.19. The molecule has 1 N–H and O–H groups in total. The molecule has 5 aromatic rings. The first-order chi connectivity index (χ1) is 24.2. The van der Waals surface area contributed by atoms with Crippen LogP contribution in [0.3, 0.4) is 0 Å². The van der Waals surface area contributed by atoms with E-state index in [4.69, 9.17) is 18.6 Å². The van der Waals surface area contributed by atoms with Gasteiger partial charge in [-0.3, -0.25) is 0 Å². The Bertz CT molecular complexity index is 1890. The number of rotatable bonds is 11. The van der Waals surface area contributed by atoms with Crippen LogP contribution >= 0.6 is 0 Å². The van der Waals surface area contributed by atoms with E-state index < -0.39 is 44.9 Å². The summed E-state index contributed by atoms with van der Waals surface area (Å²) in [6.07, 6.45) is -4.86. The SMILES string of the molecule is CC(C)(C)[Si](OC[C@H]1O[C@H](OCc2ccc3ccccc3c2)[C@H](N=[N+]=[N-])[C@@H](OC(=O)c2ccccc2)[C@@H]1O)(c1ccccc1)c1ccccc1. The van der Waals surface area contributed by atoms with Gasteiger partial charge in [-0.2, -0.15) is 0 Å². The van der Waals surface area contributed by atoms with Crippen LogP contribution in [0.25, 0.3) is 21.2 Å². The third-order valence-corrected chi connectivity index (χ3v) is 14.2. The molecule has 1 fully saturated rings. The fraction of sp³-hybridized carbons (Fsp3) is 0.275. The number of nitrogens with zero attached hydrogens (tertiary/aromatic N) is 3. The van der Waals surface area contributed by atoms with Crippen molar-refractivity contribution in [3.8, 4) is 0 Å². The van der Waals surface area contributed by atoms with Crippen molar-refractivity contribution in [3.63, 3.8) is 0 Å². The van der Waals surface area contributed by atoms with E-state index in [9.17, 15) is 15.4 Å². The van der Waals surface area contributed by atoms with Crippen molar-refractivity contribution in [2.24, 2.45) is 5.11 Å². The van der Waals surface area contributed by atoms with E-state index in [0.29, 0.717) is 5.56 Å². The maximum atomic E-state index is 13.4. The molecule has 1 aliphatic heterocycles. The standard InChI is InChI=1S/C40H41N3O6Si/c1-40(2,3)50(32-19-9-5-10-20-32,33-21-11-6-12-22-33)47-27-34-36(44)37(49-38(45)30-16-7-4-8-17-30)35(42-43-41)39(48-34)46-26-28-23-24-29-15-13-14-18-31(29)25-28/h4-25,34-37,39,44H,26-27H2,1-3H3/t34-,35-,36-,37-,39+/m1/s1. The number of azide groups is 1. The number of benzene rings is 5. The van der Waals surface area contributed by atoms with Crippen LogP contribution in [-0.2, 0) is 25.2 Å². The number of aliphatic hydroxyl groups excluding tert-OH is 1. The van der Waals surface area contributed by atoms with Crippen LogP contribution in [0.15, 0.2) is 139 Å². The van der Waals surface area contributed by atoms with Gasteiger partial charge in [-0.25, -0.2) is 4.79 Å². The molecule has 5 aromatic carbocycles. The van der Waals surface area contributed by atoms with E-state index in [1.54, 1.807) is 30.3 Å². The molecule has 0 saturated carbocycles. The molecule has 0 radical (unpaired) electrons. The highest BCUT2D eigenvalue weighted by molar-refractivity contribution is 6.99. The van der Waals surface area contributed by atoms with Gasteiger partial charge in [0.2, 0.25) is 0 Å². The number of ether oxygens (including phenoxy) is 3. The molecule has 1 aliphatic rings. The number of fused-ring (bicyclic) bond motifs is 1. The highest BCUT2D eigenvalue weighted by atomic mass is 28.4. The van der Waals surface area contributed by atoms with Crippen molar-refractivity contribution in [3.05, 3.63) is 155 Å². The van der Waals surface area contributed by atoms with Gasteiger partial charge in [-0.1, -0.05) is 141 Å². The average Bonchev–Trinajstić information content (AvgIpc) is 3.14. The number of esters is 1. The Balaban J connectivity index is 1.35. The first kappa shape index (κ1) is 35.0. The zero-order chi connectivity index (χ0) is 35.1. The van der Waals surface area contributed by atoms with E-state index in [0.717, 1.165) is 26.7 Å². The molecule has 5 atom stereocenters. The van der Waals surface area contributed by atoms with E-state index in [1.807, 2.05) is 78.9 Å². The van der Waals surface area contributed by atoms with Gasteiger partial charge >= 0.3 is 5.97 Å². The van der Waals surface area contributed by atoms with Gasteiger partial charge in [-0.05, 0) is 55.5 Å². The molecule has 0 unspecified atom stereocenters. The Morgan fingerprint density at radius 3 is 2.02 bits per heavy atom. The maximum Gasteiger partial charge on any atom is 0.338 e. The third kappa shape index (κ3) is 7.36. The van der Waals surface area contributed by atoms with Crippen molar-refractivity contribution in [1.29, 1.82) is 0 Å². The van der Waals surface area contributed by atoms with Gasteiger partial charge in [0.15, 0.2) is 6.29 Å². The predicted molar refractivity (Wildman–Crippen MR) is 196 cm³/mol. The minimum Gasteiger partial charge on any atom is -0.455 e. The van der Waals surface area contributed by atoms with Crippen LogP contribution < -0.4 is 10.4 Å². The summed E-state index contributed by atoms with van der Waals surface area (Å²) in [4.78, 5) is 16.4. The van der Waals surface area contributed by atoms with Crippen molar-refractivity contribution >= 4 is 35.4 Å². The molecule has 0 aromatic heterocycles. The van der Waals surface area contributed by atoms with Crippen LogP contribution in [-0.4, -0.2) is 56.6 Å². The quantitative estimate of drug-likeness (QED) is 0.0529. The summed E-state index contributed by atoms with van der Waals surface area (Å²) >= 11 is 0. The average molecular weight is 688 g/mol. The van der Waals surface area contributed by atoms with Crippen LogP contribution in [0.4, 0.5) is 0 Å². The molecule has 50 heavy (non-hydrogen) atoms. The lowest BCUT2D eigenvalue weighted by Gasteiger charge is -2.46. The van der Waals surface area contributed by atoms with Gasteiger partial charge in [0.05, 0.1) is 18.8 Å². The minimum absolute atomic E-state index is 0.0490. The molecule has 256 valence electrons. The second-order valence-electron chi connectivity index (χ2n) is 13.4. The van der Waals surface area contributed by atoms with E-state index in [-0.39, 0.29) is 18.3 Å². The summed E-state index contributed by atoms with van der Waals surface area (Å²) in [5.41, 5.74) is 10.8. The topological polar surface area (TPSA) is 123 Å². The number of carbonyl (C=O) groups is 1. The molecule has 0 bridgehead atoms. The summed E-state index contributed by atoms with van der Waals surface area (Å²) < 4.78 is 25.8. The smallest absolute Gasteiger partial charge is 0.338 e. The maximum absolute atomic E-state index is 13.4. The van der Waals surface area contributed by atoms with Crippen LogP contribution in [0.1, 0.15) is 36.7 Å². The van der Waals surface area contributed by atoms with Crippen LogP contribution in [0.5, 0.6) is 0 Å². The van der Waals surface area contributed by atoms with Crippen molar-refractivity contribution in [1.82, 2.24) is 0 Å². The summed E-state index contributed by atoms with van der Waals surface area (Å²) in [7, 11) is -3.04. The predicted octanol–water partition coefficient (Wildman–Crippen LogP) is 6.92. The summed E-state index contributed by atoms with van der Waals surface area (Å²) in [6.45, 7) is 6.55. The lowest BCUT2D eigenvalue weighted by molar-refractivity contribution is -0.267. The highest BCUT2D eigenvalue weighted by Crippen LogP contribution is 2.38. The van der Waals surface area contributed by atoms with Gasteiger partial charge in [-0.15, -0.1) is 0 Å². The van der Waals surface area contributed by atoms with E-state index >= 15 is 0 Å². The first-order valence-corrected chi connectivity index (χ1v) is 18.6. The largest absolute Gasteiger partial charge is 0.455 e. The Morgan fingerprint density at radius 2 is 1.42 bits per heavy atom. The van der Waals surface area contributed by atoms with Gasteiger partial charge in [0.1, 0.15) is 24.4 Å². The van der Waals surface area contributed by atoms with Gasteiger partial charge in [0.25, 0.3) is 8.32 Å². The molecule has 0 aliphatic carbocycles. The first-order valence-electron chi connectivity index (χ1n) is 16.7. The Kier molecular flexibility index (Phi) is 10.8. The Morgan fingerprint density at radius 1 is 0.840 bits per heavy atom. The fourth-order valence-corrected chi connectivity index (χ4v) is 11.3. The van der Waals surface area contributed by atoms with E-state index in [2.05, 4.69) is 55.1 Å². The summed E-state index contributed by atoms with van der Waals surface area (Å²) in [6, 6.07) is 41.6. The highest BCUT2D eigenvalue weighted by Gasteiger charge is 2.53. The van der Waals surface area contributed by atoms with E-state index in [1.165, 1.54) is 0 Å². The Labute approximate surface area is 293 Å². The second-order valence-corrected chi connectivity index (χ2v) is 17.7. The molecule has 0 amide bonds. The fourth-order valence-electron chi connectivity index (χ4n) is 6.74. The molecular formula is C40H41N3O6Si. The van der Waals surface area contributed by atoms with Crippen LogP contribution in [0, 0.1) is 0 Å². The zero-order valence-corrected chi connectivity index (χ0v) is 29.3. The molecule has 10 heteroatoms. The van der Waals surface area contributed by atoms with Crippen molar-refractivity contribution in [2.75, 3.05) is 6.61 Å². The van der Waals surface area contributed by atoms with Gasteiger partial charge in [0, 0.05) is 4.91 Å². The number of aliphatic hydroxyl groups is 1. The minimum atomic E-state index is -3.04. The summed E-state index contributed by atoms with van der Waals surface area (Å²) in [5, 5.41) is 19.7. The van der Waals surface area contributed by atoms with Crippen molar-refractivity contribution < 1.29 is 28.5 Å². The molecule has 1 saturated heterocycles. The van der Waals surface area contributed by atoms with Gasteiger partial charge < -0.3 is 23.7 Å². The number of carbonyl (C=O) groups excluding carboxylic acids is 1. The lowest BCUT2D eigenvalue weighted by atomic mass is 9.97. The molecule has 6 rings (SSSR count). The molecule has 0 spiro atoms. The van der Waals surface area contributed by atoms with Crippen LogP contribution in [0.2, 0.25) is 5.04 Å². The molecule has 1 heterocycles. The molecular weight excluding hydrogens is 647 g/mol. The normalized spacial score (nSPS) is 20.9. The Hall–Kier alpha value is -4.80. The summed E-state index contributed by atoms with van der Waals surface area (Å²) in [5.74, 6) is -0.672.